The molecule has 0 heterocycles. The van der Waals surface area contributed by atoms with Crippen molar-refractivity contribution in [2.45, 2.75) is 13.8 Å². The van der Waals surface area contributed by atoms with Crippen molar-refractivity contribution in [3.63, 3.8) is 0 Å². The third-order valence-corrected chi connectivity index (χ3v) is 3.38. The minimum atomic E-state index is -0.455. The van der Waals surface area contributed by atoms with Gasteiger partial charge in [0.25, 0.3) is 5.91 Å². The number of carbonyl (C=O) groups excluding carboxylic acids is 2. The van der Waals surface area contributed by atoms with Gasteiger partial charge in [-0.15, -0.1) is 0 Å². The summed E-state index contributed by atoms with van der Waals surface area (Å²) in [6.45, 7) is 2.73. The first kappa shape index (κ1) is 17.5. The third-order valence-electron chi connectivity index (χ3n) is 3.38. The zero-order valence-corrected chi connectivity index (χ0v) is 13.7. The molecule has 0 saturated heterocycles. The van der Waals surface area contributed by atoms with Crippen LogP contribution in [0.5, 0.6) is 11.5 Å². The van der Waals surface area contributed by atoms with Gasteiger partial charge in [-0.1, -0.05) is 6.07 Å². The van der Waals surface area contributed by atoms with Crippen LogP contribution in [0, 0.1) is 12.7 Å². The molecule has 0 aromatic heterocycles. The number of rotatable bonds is 6. The minimum Gasteiger partial charge on any atom is -0.497 e. The molecule has 5 nitrogen and oxygen atoms in total. The van der Waals surface area contributed by atoms with E-state index in [0.29, 0.717) is 22.6 Å². The Morgan fingerprint density at radius 2 is 1.92 bits per heavy atom. The van der Waals surface area contributed by atoms with E-state index in [9.17, 15) is 14.0 Å². The molecule has 6 heteroatoms. The maximum atomic E-state index is 13.5. The fourth-order valence-electron chi connectivity index (χ4n) is 2.05. The van der Waals surface area contributed by atoms with Gasteiger partial charge in [-0.25, -0.2) is 4.39 Å². The standard InChI is InChI=1S/C18H18FNO4/c1-11-4-5-13(8-16(11)19)20-18(22)10-24-17-7-6-14(23-3)9-15(17)12(2)21/h4-9H,10H2,1-3H3,(H,20,22). The molecule has 0 atom stereocenters. The lowest BCUT2D eigenvalue weighted by Crippen LogP contribution is -2.20. The van der Waals surface area contributed by atoms with Crippen molar-refractivity contribution in [1.82, 2.24) is 0 Å². The first-order valence-electron chi connectivity index (χ1n) is 7.28. The average Bonchev–Trinajstić information content (AvgIpc) is 2.56. The van der Waals surface area contributed by atoms with Gasteiger partial charge in [-0.2, -0.15) is 0 Å². The van der Waals surface area contributed by atoms with Gasteiger partial charge >= 0.3 is 0 Å². The Morgan fingerprint density at radius 1 is 1.17 bits per heavy atom. The lowest BCUT2D eigenvalue weighted by atomic mass is 10.1. The molecule has 0 unspecified atom stereocenters. The van der Waals surface area contributed by atoms with E-state index in [2.05, 4.69) is 5.32 Å². The van der Waals surface area contributed by atoms with E-state index in [0.717, 1.165) is 0 Å². The van der Waals surface area contributed by atoms with Gasteiger partial charge in [-0.05, 0) is 49.7 Å². The van der Waals surface area contributed by atoms with Crippen molar-refractivity contribution in [3.05, 3.63) is 53.3 Å². The number of hydrogen-bond donors (Lipinski definition) is 1. The molecule has 1 amide bonds. The summed E-state index contributed by atoms with van der Waals surface area (Å²) in [5.74, 6) is -0.253. The predicted molar refractivity (Wildman–Crippen MR) is 88.3 cm³/mol. The molecule has 0 saturated carbocycles. The second kappa shape index (κ2) is 7.59. The summed E-state index contributed by atoms with van der Waals surface area (Å²) in [6, 6.07) is 9.16. The summed E-state index contributed by atoms with van der Waals surface area (Å²) < 4.78 is 23.9. The number of anilines is 1. The number of nitrogens with one attached hydrogen (secondary N) is 1. The molecule has 0 aliphatic heterocycles. The van der Waals surface area contributed by atoms with Gasteiger partial charge in [-0.3, -0.25) is 9.59 Å². The molecule has 2 rings (SSSR count). The highest BCUT2D eigenvalue weighted by Gasteiger charge is 2.12. The number of aryl methyl sites for hydroxylation is 1. The molecule has 0 radical (unpaired) electrons. The average molecular weight is 331 g/mol. The number of carbonyl (C=O) groups is 2. The van der Waals surface area contributed by atoms with Crippen molar-refractivity contribution < 1.29 is 23.5 Å². The second-order valence-electron chi connectivity index (χ2n) is 5.22. The number of benzene rings is 2. The SMILES string of the molecule is COc1ccc(OCC(=O)Nc2ccc(C)c(F)c2)c(C(C)=O)c1. The van der Waals surface area contributed by atoms with E-state index in [1.165, 1.54) is 20.1 Å². The van der Waals surface area contributed by atoms with E-state index >= 15 is 0 Å². The highest BCUT2D eigenvalue weighted by molar-refractivity contribution is 5.97. The Labute approximate surface area is 139 Å². The summed E-state index contributed by atoms with van der Waals surface area (Å²) in [7, 11) is 1.49. The molecule has 0 fully saturated rings. The number of ketones is 1. The summed E-state index contributed by atoms with van der Waals surface area (Å²) in [5, 5.41) is 2.54. The number of halogens is 1. The summed E-state index contributed by atoms with van der Waals surface area (Å²) >= 11 is 0. The van der Waals surface area contributed by atoms with E-state index in [-0.39, 0.29) is 18.1 Å². The lowest BCUT2D eigenvalue weighted by molar-refractivity contribution is -0.118. The Morgan fingerprint density at radius 3 is 2.54 bits per heavy atom. The van der Waals surface area contributed by atoms with Crippen LogP contribution < -0.4 is 14.8 Å². The Hall–Kier alpha value is -2.89. The van der Waals surface area contributed by atoms with E-state index in [1.807, 2.05) is 0 Å². The van der Waals surface area contributed by atoms with Crippen LogP contribution in [0.4, 0.5) is 10.1 Å². The van der Waals surface area contributed by atoms with Crippen LogP contribution in [0.3, 0.4) is 0 Å². The highest BCUT2D eigenvalue weighted by Crippen LogP contribution is 2.24. The summed E-state index contributed by atoms with van der Waals surface area (Å²) in [4.78, 5) is 23.6. The molecule has 2 aromatic rings. The minimum absolute atomic E-state index is 0.204. The van der Waals surface area contributed by atoms with Crippen LogP contribution in [0.1, 0.15) is 22.8 Å². The normalized spacial score (nSPS) is 10.2. The topological polar surface area (TPSA) is 64.6 Å². The molecule has 0 bridgehead atoms. The van der Waals surface area contributed by atoms with Crippen molar-refractivity contribution >= 4 is 17.4 Å². The molecular weight excluding hydrogens is 313 g/mol. The largest absolute Gasteiger partial charge is 0.497 e. The summed E-state index contributed by atoms with van der Waals surface area (Å²) in [6.07, 6.45) is 0. The highest BCUT2D eigenvalue weighted by atomic mass is 19.1. The molecule has 126 valence electrons. The smallest absolute Gasteiger partial charge is 0.262 e. The maximum absolute atomic E-state index is 13.5. The molecule has 1 N–H and O–H groups in total. The summed E-state index contributed by atoms with van der Waals surface area (Å²) in [5.41, 5.74) is 1.16. The molecule has 0 aliphatic rings. The van der Waals surface area contributed by atoms with Crippen molar-refractivity contribution in [2.75, 3.05) is 19.0 Å². The third kappa shape index (κ3) is 4.32. The second-order valence-corrected chi connectivity index (χ2v) is 5.22. The fraction of sp³-hybridized carbons (Fsp3) is 0.222. The quantitative estimate of drug-likeness (QED) is 0.824. The van der Waals surface area contributed by atoms with Gasteiger partial charge in [0.1, 0.15) is 17.3 Å². The molecule has 0 aliphatic carbocycles. The number of hydrogen-bond acceptors (Lipinski definition) is 4. The van der Waals surface area contributed by atoms with Gasteiger partial charge in [0, 0.05) is 5.69 Å². The van der Waals surface area contributed by atoms with Gasteiger partial charge in [0.15, 0.2) is 12.4 Å². The molecule has 24 heavy (non-hydrogen) atoms. The van der Waals surface area contributed by atoms with Crippen molar-refractivity contribution in [3.8, 4) is 11.5 Å². The molecular formula is C18H18FNO4. The Bertz CT molecular complexity index is 774. The molecule has 2 aromatic carbocycles. The lowest BCUT2D eigenvalue weighted by Gasteiger charge is -2.11. The maximum Gasteiger partial charge on any atom is 0.262 e. The Balaban J connectivity index is 2.03. The van der Waals surface area contributed by atoms with E-state index in [1.54, 1.807) is 37.3 Å². The van der Waals surface area contributed by atoms with Gasteiger partial charge in [0.05, 0.1) is 12.7 Å². The Kier molecular flexibility index (Phi) is 5.52. The van der Waals surface area contributed by atoms with E-state index < -0.39 is 11.7 Å². The first-order valence-corrected chi connectivity index (χ1v) is 7.28. The number of ether oxygens (including phenoxy) is 2. The number of amides is 1. The predicted octanol–water partition coefficient (Wildman–Crippen LogP) is 3.36. The zero-order chi connectivity index (χ0) is 17.7. The van der Waals surface area contributed by atoms with Crippen LogP contribution in [0.15, 0.2) is 36.4 Å². The van der Waals surface area contributed by atoms with Crippen LogP contribution in [-0.2, 0) is 4.79 Å². The zero-order valence-electron chi connectivity index (χ0n) is 13.7. The van der Waals surface area contributed by atoms with E-state index in [4.69, 9.17) is 9.47 Å². The van der Waals surface area contributed by atoms with Crippen LogP contribution in [0.25, 0.3) is 0 Å². The fourth-order valence-corrected chi connectivity index (χ4v) is 2.05. The first-order chi connectivity index (χ1) is 11.4. The van der Waals surface area contributed by atoms with Crippen LogP contribution in [-0.4, -0.2) is 25.4 Å². The van der Waals surface area contributed by atoms with Gasteiger partial charge < -0.3 is 14.8 Å². The van der Waals surface area contributed by atoms with Crippen LogP contribution in [0.2, 0.25) is 0 Å². The van der Waals surface area contributed by atoms with Crippen molar-refractivity contribution in [1.29, 1.82) is 0 Å². The van der Waals surface area contributed by atoms with Gasteiger partial charge in [0.2, 0.25) is 0 Å². The molecule has 0 spiro atoms. The van der Waals surface area contributed by atoms with Crippen LogP contribution >= 0.6 is 0 Å². The number of methoxy groups -OCH3 is 1. The number of Topliss-reactive ketones (excluding diaryl/α,β-unsaturated/α-hetero) is 1. The van der Waals surface area contributed by atoms with Crippen molar-refractivity contribution in [2.24, 2.45) is 0 Å². The monoisotopic (exact) mass is 331 g/mol.